The maximum atomic E-state index is 3.91. The first kappa shape index (κ1) is 17.0. The van der Waals surface area contributed by atoms with Crippen LogP contribution < -0.4 is 0 Å². The second-order valence-electron chi connectivity index (χ2n) is 6.25. The highest BCUT2D eigenvalue weighted by molar-refractivity contribution is 9.09. The van der Waals surface area contributed by atoms with E-state index in [9.17, 15) is 0 Å². The smallest absolute Gasteiger partial charge is 0.0401 e. The minimum atomic E-state index is 0.389. The zero-order valence-electron chi connectivity index (χ0n) is 13.8. The average molecular weight is 379 g/mol. The fourth-order valence-electron chi connectivity index (χ4n) is 3.18. The van der Waals surface area contributed by atoms with Gasteiger partial charge in [-0.1, -0.05) is 107 Å². The predicted octanol–water partition coefficient (Wildman–Crippen LogP) is 6.93. The lowest BCUT2D eigenvalue weighted by molar-refractivity contribution is 0.574. The minimum absolute atomic E-state index is 0.389. The molecule has 3 rings (SSSR count). The third-order valence-electron chi connectivity index (χ3n) is 4.55. The zero-order chi connectivity index (χ0) is 16.6. The van der Waals surface area contributed by atoms with Gasteiger partial charge in [0.1, 0.15) is 0 Å². The van der Waals surface area contributed by atoms with Gasteiger partial charge in [-0.05, 0) is 41.9 Å². The average Bonchev–Trinajstić information content (AvgIpc) is 2.67. The first-order chi connectivity index (χ1) is 11.8. The quantitative estimate of drug-likeness (QED) is 0.391. The van der Waals surface area contributed by atoms with Gasteiger partial charge in [0, 0.05) is 4.83 Å². The summed E-state index contributed by atoms with van der Waals surface area (Å²) in [6.07, 6.45) is 3.40. The van der Waals surface area contributed by atoms with Crippen LogP contribution in [-0.2, 0) is 6.42 Å². The summed E-state index contributed by atoms with van der Waals surface area (Å²) in [6, 6.07) is 32.4. The van der Waals surface area contributed by atoms with Crippen LogP contribution >= 0.6 is 15.9 Å². The van der Waals surface area contributed by atoms with Crippen molar-refractivity contribution >= 4 is 15.9 Å². The lowest BCUT2D eigenvalue weighted by Crippen LogP contribution is -2.05. The molecular formula is C23H23Br. The lowest BCUT2D eigenvalue weighted by Gasteiger charge is -2.21. The van der Waals surface area contributed by atoms with Crippen LogP contribution in [-0.4, -0.2) is 0 Å². The normalized spacial score (nSPS) is 13.4. The molecule has 0 saturated carbocycles. The summed E-state index contributed by atoms with van der Waals surface area (Å²) in [5.74, 6) is 0.552. The third kappa shape index (κ3) is 4.82. The highest BCUT2D eigenvalue weighted by Gasteiger charge is 2.17. The third-order valence-corrected chi connectivity index (χ3v) is 5.45. The van der Waals surface area contributed by atoms with Crippen molar-refractivity contribution in [3.8, 4) is 0 Å². The number of halogens is 1. The summed E-state index contributed by atoms with van der Waals surface area (Å²) < 4.78 is 0. The Labute approximate surface area is 153 Å². The van der Waals surface area contributed by atoms with Gasteiger partial charge in [0.15, 0.2) is 0 Å². The van der Waals surface area contributed by atoms with E-state index in [-0.39, 0.29) is 0 Å². The van der Waals surface area contributed by atoms with Crippen LogP contribution in [0.5, 0.6) is 0 Å². The van der Waals surface area contributed by atoms with Gasteiger partial charge < -0.3 is 0 Å². The molecule has 0 saturated heterocycles. The van der Waals surface area contributed by atoms with Gasteiger partial charge in [-0.3, -0.25) is 0 Å². The van der Waals surface area contributed by atoms with Crippen LogP contribution in [0.1, 0.15) is 40.3 Å². The fourth-order valence-corrected chi connectivity index (χ4v) is 3.94. The molecule has 0 aliphatic heterocycles. The Morgan fingerprint density at radius 3 is 1.71 bits per heavy atom. The Hall–Kier alpha value is -1.86. The van der Waals surface area contributed by atoms with Gasteiger partial charge in [0.25, 0.3) is 0 Å². The molecule has 2 atom stereocenters. The molecular weight excluding hydrogens is 356 g/mol. The van der Waals surface area contributed by atoms with Crippen LogP contribution in [0.4, 0.5) is 0 Å². The molecule has 24 heavy (non-hydrogen) atoms. The van der Waals surface area contributed by atoms with Crippen LogP contribution in [0.25, 0.3) is 0 Å². The first-order valence-corrected chi connectivity index (χ1v) is 9.52. The van der Waals surface area contributed by atoms with Crippen molar-refractivity contribution in [3.05, 3.63) is 108 Å². The number of aryl methyl sites for hydroxylation is 1. The van der Waals surface area contributed by atoms with Gasteiger partial charge in [-0.15, -0.1) is 0 Å². The molecule has 0 aromatic heterocycles. The van der Waals surface area contributed by atoms with E-state index in [4.69, 9.17) is 0 Å². The number of benzene rings is 3. The molecule has 0 spiro atoms. The second-order valence-corrected chi connectivity index (χ2v) is 7.35. The maximum Gasteiger partial charge on any atom is 0.0401 e. The molecule has 0 nitrogen and oxygen atoms in total. The monoisotopic (exact) mass is 378 g/mol. The first-order valence-electron chi connectivity index (χ1n) is 8.61. The van der Waals surface area contributed by atoms with E-state index in [1.54, 1.807) is 0 Å². The van der Waals surface area contributed by atoms with Crippen molar-refractivity contribution in [3.63, 3.8) is 0 Å². The zero-order valence-corrected chi connectivity index (χ0v) is 15.4. The van der Waals surface area contributed by atoms with Crippen LogP contribution in [0.3, 0.4) is 0 Å². The lowest BCUT2D eigenvalue weighted by atomic mass is 9.87. The van der Waals surface area contributed by atoms with Gasteiger partial charge in [0.05, 0.1) is 0 Å². The Bertz CT molecular complexity index is 707. The largest absolute Gasteiger partial charge is 0.0839 e. The maximum absolute atomic E-state index is 3.91. The second kappa shape index (κ2) is 8.84. The van der Waals surface area contributed by atoms with E-state index in [2.05, 4.69) is 107 Å². The van der Waals surface area contributed by atoms with Crippen LogP contribution in [0, 0.1) is 0 Å². The molecule has 0 bridgehead atoms. The molecule has 3 aromatic rings. The summed E-state index contributed by atoms with van der Waals surface area (Å²) in [5.41, 5.74) is 4.22. The number of hydrogen-bond acceptors (Lipinski definition) is 0. The van der Waals surface area contributed by atoms with E-state index >= 15 is 0 Å². The van der Waals surface area contributed by atoms with Crippen molar-refractivity contribution in [2.75, 3.05) is 0 Å². The van der Waals surface area contributed by atoms with E-state index in [1.807, 2.05) is 0 Å². The summed E-state index contributed by atoms with van der Waals surface area (Å²) >= 11 is 3.91. The summed E-state index contributed by atoms with van der Waals surface area (Å²) in [4.78, 5) is 0.389. The van der Waals surface area contributed by atoms with E-state index in [1.165, 1.54) is 23.1 Å². The fraction of sp³-hybridized carbons (Fsp3) is 0.217. The number of rotatable bonds is 7. The standard InChI is InChI=1S/C23H23Br/c24-23(21-14-8-3-9-15-21)18-22(20-12-6-2-7-13-20)17-16-19-10-4-1-5-11-19/h1-15,22-23H,16-18H2. The van der Waals surface area contributed by atoms with Gasteiger partial charge in [0.2, 0.25) is 0 Å². The molecule has 0 aliphatic rings. The Kier molecular flexibility index (Phi) is 6.26. The summed E-state index contributed by atoms with van der Waals surface area (Å²) in [5, 5.41) is 0. The van der Waals surface area contributed by atoms with Crippen molar-refractivity contribution in [2.45, 2.75) is 30.0 Å². The highest BCUT2D eigenvalue weighted by Crippen LogP contribution is 2.36. The van der Waals surface area contributed by atoms with E-state index < -0.39 is 0 Å². The highest BCUT2D eigenvalue weighted by atomic mass is 79.9. The van der Waals surface area contributed by atoms with Crippen LogP contribution in [0.2, 0.25) is 0 Å². The van der Waals surface area contributed by atoms with E-state index in [0.29, 0.717) is 10.7 Å². The number of alkyl halides is 1. The SMILES string of the molecule is BrC(CC(CCc1ccccc1)c1ccccc1)c1ccccc1. The van der Waals surface area contributed by atoms with Crippen molar-refractivity contribution in [2.24, 2.45) is 0 Å². The minimum Gasteiger partial charge on any atom is -0.0839 e. The molecule has 0 heterocycles. The van der Waals surface area contributed by atoms with Crippen molar-refractivity contribution < 1.29 is 0 Å². The number of hydrogen-bond donors (Lipinski definition) is 0. The van der Waals surface area contributed by atoms with Gasteiger partial charge >= 0.3 is 0 Å². The Morgan fingerprint density at radius 2 is 1.12 bits per heavy atom. The molecule has 122 valence electrons. The molecule has 0 radical (unpaired) electrons. The Morgan fingerprint density at radius 1 is 0.625 bits per heavy atom. The molecule has 1 heteroatoms. The molecule has 2 unspecified atom stereocenters. The van der Waals surface area contributed by atoms with Crippen LogP contribution in [0.15, 0.2) is 91.0 Å². The Balaban J connectivity index is 1.72. The molecule has 0 aliphatic carbocycles. The summed E-state index contributed by atoms with van der Waals surface area (Å²) in [6.45, 7) is 0. The van der Waals surface area contributed by atoms with Gasteiger partial charge in [-0.2, -0.15) is 0 Å². The topological polar surface area (TPSA) is 0 Å². The predicted molar refractivity (Wildman–Crippen MR) is 107 cm³/mol. The molecule has 0 fully saturated rings. The van der Waals surface area contributed by atoms with Gasteiger partial charge in [-0.25, -0.2) is 0 Å². The summed E-state index contributed by atoms with van der Waals surface area (Å²) in [7, 11) is 0. The molecule has 3 aromatic carbocycles. The van der Waals surface area contributed by atoms with Crippen molar-refractivity contribution in [1.29, 1.82) is 0 Å². The van der Waals surface area contributed by atoms with E-state index in [0.717, 1.165) is 12.8 Å². The molecule has 0 N–H and O–H groups in total. The molecule has 0 amide bonds. The van der Waals surface area contributed by atoms with Crippen molar-refractivity contribution in [1.82, 2.24) is 0 Å².